The topological polar surface area (TPSA) is 89.0 Å². The van der Waals surface area contributed by atoms with E-state index in [4.69, 9.17) is 19.4 Å². The molecule has 7 nitrogen and oxygen atoms in total. The number of aromatic nitrogens is 1. The fraction of sp³-hybridized carbons (Fsp3) is 0.476. The highest BCUT2D eigenvalue weighted by molar-refractivity contribution is 7.14. The number of carboxylic acids is 1. The minimum absolute atomic E-state index is 0.120. The number of ether oxygens (including phenoxy) is 2. The molecule has 32 heavy (non-hydrogen) atoms. The van der Waals surface area contributed by atoms with Crippen LogP contribution in [0.5, 0.6) is 5.75 Å². The molecule has 1 unspecified atom stereocenters. The van der Waals surface area contributed by atoms with Crippen LogP contribution >= 0.6 is 11.3 Å². The van der Waals surface area contributed by atoms with Crippen molar-refractivity contribution in [3.8, 4) is 5.75 Å². The number of carbonyl (C=O) groups is 2. The molecule has 2 aliphatic heterocycles. The van der Waals surface area contributed by atoms with Gasteiger partial charge < -0.3 is 19.5 Å². The number of aliphatic carboxylic acids is 1. The van der Waals surface area contributed by atoms with Crippen molar-refractivity contribution in [2.24, 2.45) is 5.92 Å². The highest BCUT2D eigenvalue weighted by atomic mass is 32.1. The normalized spacial score (nSPS) is 19.2. The number of likely N-dealkylation sites (tertiary alicyclic amines) is 1. The van der Waals surface area contributed by atoms with Gasteiger partial charge in [-0.3, -0.25) is 9.78 Å². The predicted octanol–water partition coefficient (Wildman–Crippen LogP) is 3.70. The lowest BCUT2D eigenvalue weighted by Gasteiger charge is -2.49. The van der Waals surface area contributed by atoms with Crippen LogP contribution in [-0.2, 0) is 9.53 Å². The van der Waals surface area contributed by atoms with Gasteiger partial charge in [-0.2, -0.15) is 13.2 Å². The van der Waals surface area contributed by atoms with E-state index in [1.807, 2.05) is 30.0 Å². The van der Waals surface area contributed by atoms with Crippen LogP contribution in [0.1, 0.15) is 26.5 Å². The minimum Gasteiger partial charge on any atom is -0.492 e. The average molecular weight is 472 g/mol. The van der Waals surface area contributed by atoms with Gasteiger partial charge in [0.2, 0.25) is 0 Å². The van der Waals surface area contributed by atoms with E-state index in [-0.39, 0.29) is 11.5 Å². The lowest BCUT2D eigenvalue weighted by Crippen LogP contribution is -2.66. The van der Waals surface area contributed by atoms with Crippen LogP contribution in [0.3, 0.4) is 0 Å². The summed E-state index contributed by atoms with van der Waals surface area (Å²) >= 11 is 1.58. The molecular weight excluding hydrogens is 449 g/mol. The van der Waals surface area contributed by atoms with Crippen molar-refractivity contribution >= 4 is 23.2 Å². The summed E-state index contributed by atoms with van der Waals surface area (Å²) in [5.74, 6) is -1.55. The molecule has 0 saturated carbocycles. The van der Waals surface area contributed by atoms with Crippen molar-refractivity contribution in [3.63, 3.8) is 0 Å². The molecule has 2 aromatic rings. The van der Waals surface area contributed by atoms with Gasteiger partial charge in [0, 0.05) is 23.6 Å². The first kappa shape index (κ1) is 24.0. The Morgan fingerprint density at radius 1 is 1.38 bits per heavy atom. The number of aryl methyl sites for hydroxylation is 2. The van der Waals surface area contributed by atoms with Crippen LogP contribution in [0.4, 0.5) is 13.2 Å². The van der Waals surface area contributed by atoms with Gasteiger partial charge in [0.25, 0.3) is 5.91 Å². The fourth-order valence-electron chi connectivity index (χ4n) is 3.58. The lowest BCUT2D eigenvalue weighted by atomic mass is 9.81. The summed E-state index contributed by atoms with van der Waals surface area (Å²) in [6, 6.07) is 5.77. The van der Waals surface area contributed by atoms with Crippen LogP contribution in [0, 0.1) is 19.8 Å². The number of halogens is 3. The zero-order valence-corrected chi connectivity index (χ0v) is 18.3. The number of carboxylic acid groups (broad SMARTS) is 1. The van der Waals surface area contributed by atoms with E-state index in [0.717, 1.165) is 23.7 Å². The van der Waals surface area contributed by atoms with Crippen LogP contribution in [-0.4, -0.2) is 64.9 Å². The maximum Gasteiger partial charge on any atom is 0.490 e. The molecule has 0 aromatic carbocycles. The predicted molar refractivity (Wildman–Crippen MR) is 110 cm³/mol. The van der Waals surface area contributed by atoms with Crippen molar-refractivity contribution in [2.45, 2.75) is 32.0 Å². The third-order valence-corrected chi connectivity index (χ3v) is 6.65. The van der Waals surface area contributed by atoms with Gasteiger partial charge in [0.1, 0.15) is 11.4 Å². The van der Waals surface area contributed by atoms with Crippen molar-refractivity contribution in [3.05, 3.63) is 45.9 Å². The number of pyridine rings is 1. The molecule has 1 N–H and O–H groups in total. The average Bonchev–Trinajstić information content (AvgIpc) is 3.28. The van der Waals surface area contributed by atoms with Gasteiger partial charge >= 0.3 is 12.1 Å². The van der Waals surface area contributed by atoms with Crippen molar-refractivity contribution in [1.29, 1.82) is 0 Å². The Balaban J connectivity index is 0.000000360. The third-order valence-electron chi connectivity index (χ3n) is 5.51. The minimum atomic E-state index is -5.08. The molecule has 2 saturated heterocycles. The van der Waals surface area contributed by atoms with E-state index < -0.39 is 12.1 Å². The summed E-state index contributed by atoms with van der Waals surface area (Å²) < 4.78 is 43.6. The molecule has 0 bridgehead atoms. The van der Waals surface area contributed by atoms with E-state index in [9.17, 15) is 18.0 Å². The van der Waals surface area contributed by atoms with Crippen molar-refractivity contribution in [1.82, 2.24) is 9.88 Å². The number of hydrogen-bond acceptors (Lipinski definition) is 6. The number of thiophene rings is 1. The summed E-state index contributed by atoms with van der Waals surface area (Å²) in [7, 11) is 0. The van der Waals surface area contributed by atoms with E-state index in [1.54, 1.807) is 23.7 Å². The van der Waals surface area contributed by atoms with Crippen LogP contribution in [0.15, 0.2) is 30.6 Å². The molecule has 0 aliphatic carbocycles. The molecule has 0 radical (unpaired) electrons. The first-order valence-corrected chi connectivity index (χ1v) is 10.7. The second-order valence-electron chi connectivity index (χ2n) is 7.71. The molecule has 174 valence electrons. The Morgan fingerprint density at radius 3 is 2.59 bits per heavy atom. The Hall–Kier alpha value is -2.66. The highest BCUT2D eigenvalue weighted by Crippen LogP contribution is 2.41. The summed E-state index contributed by atoms with van der Waals surface area (Å²) in [6.07, 6.45) is -0.656. The van der Waals surface area contributed by atoms with Crippen LogP contribution in [0.2, 0.25) is 0 Å². The van der Waals surface area contributed by atoms with Gasteiger partial charge in [-0.1, -0.05) is 0 Å². The van der Waals surface area contributed by atoms with Crippen LogP contribution in [0.25, 0.3) is 0 Å². The second kappa shape index (κ2) is 9.45. The number of nitrogens with zero attached hydrogens (tertiary/aromatic N) is 2. The quantitative estimate of drug-likeness (QED) is 0.730. The molecule has 1 atom stereocenters. The Bertz CT molecular complexity index is 939. The number of rotatable bonds is 4. The van der Waals surface area contributed by atoms with E-state index in [1.165, 1.54) is 10.4 Å². The van der Waals surface area contributed by atoms with Crippen molar-refractivity contribution < 1.29 is 37.3 Å². The molecule has 2 fully saturated rings. The monoisotopic (exact) mass is 472 g/mol. The Labute approximate surface area is 186 Å². The largest absolute Gasteiger partial charge is 0.492 e. The van der Waals surface area contributed by atoms with Gasteiger partial charge in [0.05, 0.1) is 30.8 Å². The summed E-state index contributed by atoms with van der Waals surface area (Å²) in [6.45, 7) is 6.75. The maximum atomic E-state index is 12.7. The fourth-order valence-corrected chi connectivity index (χ4v) is 4.58. The lowest BCUT2D eigenvalue weighted by molar-refractivity contribution is -0.192. The molecule has 4 rings (SSSR count). The number of carbonyl (C=O) groups excluding carboxylic acids is 1. The second-order valence-corrected chi connectivity index (χ2v) is 8.97. The number of amides is 1. The maximum absolute atomic E-state index is 12.7. The molecule has 4 heterocycles. The number of hydrogen-bond donors (Lipinski definition) is 1. The van der Waals surface area contributed by atoms with Gasteiger partial charge in [-0.25, -0.2) is 4.79 Å². The van der Waals surface area contributed by atoms with Gasteiger partial charge in [-0.15, -0.1) is 11.3 Å². The van der Waals surface area contributed by atoms with E-state index >= 15 is 0 Å². The molecule has 1 amide bonds. The molecule has 2 aliphatic rings. The molecule has 11 heteroatoms. The highest BCUT2D eigenvalue weighted by Gasteiger charge is 2.55. The molecule has 1 spiro atoms. The standard InChI is InChI=1S/C19H22N2O3S.C2HF3O2/c1-13-8-17(25-14(13)2)18(22)21-11-19(12-21)15(5-7-24-19)10-23-16-4-3-6-20-9-16;3-2(4,5)1(6)7/h3-4,6,8-9,15H,5,7,10-12H2,1-2H3;(H,6,7). The first-order valence-electron chi connectivity index (χ1n) is 9.85. The Kier molecular flexibility index (Phi) is 7.09. The zero-order valence-electron chi connectivity index (χ0n) is 17.5. The molecule has 2 aromatic heterocycles. The van der Waals surface area contributed by atoms with Crippen LogP contribution < -0.4 is 4.74 Å². The summed E-state index contributed by atoms with van der Waals surface area (Å²) in [5, 5.41) is 7.12. The van der Waals surface area contributed by atoms with Gasteiger partial charge in [0.15, 0.2) is 0 Å². The summed E-state index contributed by atoms with van der Waals surface area (Å²) in [5.41, 5.74) is 0.947. The third kappa shape index (κ3) is 5.39. The first-order chi connectivity index (χ1) is 15.0. The van der Waals surface area contributed by atoms with E-state index in [2.05, 4.69) is 11.9 Å². The smallest absolute Gasteiger partial charge is 0.490 e. The zero-order chi connectivity index (χ0) is 23.5. The SMILES string of the molecule is Cc1cc(C(=O)N2CC3(C2)OCCC3COc2cccnc2)sc1C.O=C(O)C(F)(F)F. The molecular formula is C21H23F3N2O5S. The summed E-state index contributed by atoms with van der Waals surface area (Å²) in [4.78, 5) is 29.6. The number of alkyl halides is 3. The van der Waals surface area contributed by atoms with E-state index in [0.29, 0.717) is 25.6 Å². The van der Waals surface area contributed by atoms with Crippen molar-refractivity contribution in [2.75, 3.05) is 26.3 Å². The van der Waals surface area contributed by atoms with Gasteiger partial charge in [-0.05, 0) is 44.0 Å². The Morgan fingerprint density at radius 2 is 2.06 bits per heavy atom.